The van der Waals surface area contributed by atoms with Crippen LogP contribution < -0.4 is 5.32 Å². The summed E-state index contributed by atoms with van der Waals surface area (Å²) >= 11 is 0. The van der Waals surface area contributed by atoms with E-state index >= 15 is 0 Å². The fourth-order valence-electron chi connectivity index (χ4n) is 1.95. The molecular formula is C10H17NO2. The highest BCUT2D eigenvalue weighted by molar-refractivity contribution is 5.82. The van der Waals surface area contributed by atoms with Gasteiger partial charge in [0.25, 0.3) is 0 Å². The van der Waals surface area contributed by atoms with Crippen molar-refractivity contribution in [1.82, 2.24) is 5.32 Å². The number of nitrogens with one attached hydrogen (secondary N) is 1. The van der Waals surface area contributed by atoms with Crippen molar-refractivity contribution in [3.8, 4) is 0 Å². The van der Waals surface area contributed by atoms with E-state index < -0.39 is 0 Å². The molecule has 1 spiro atoms. The number of rotatable bonds is 1. The number of ether oxygens (including phenoxy) is 1. The number of carbonyl (C=O) groups excluding carboxylic acids is 1. The van der Waals surface area contributed by atoms with Crippen molar-refractivity contribution < 1.29 is 9.53 Å². The highest BCUT2D eigenvalue weighted by Gasteiger charge is 2.55. The topological polar surface area (TPSA) is 38.3 Å². The van der Waals surface area contributed by atoms with E-state index in [0.29, 0.717) is 0 Å². The van der Waals surface area contributed by atoms with Crippen LogP contribution in [0.3, 0.4) is 0 Å². The second-order valence-corrected chi connectivity index (χ2v) is 4.58. The van der Waals surface area contributed by atoms with Crippen molar-refractivity contribution in [3.63, 3.8) is 0 Å². The predicted molar refractivity (Wildman–Crippen MR) is 49.3 cm³/mol. The molecule has 1 aliphatic heterocycles. The van der Waals surface area contributed by atoms with E-state index in [1.165, 1.54) is 0 Å². The maximum atomic E-state index is 11.5. The van der Waals surface area contributed by atoms with Gasteiger partial charge in [-0.3, -0.25) is 4.79 Å². The van der Waals surface area contributed by atoms with Gasteiger partial charge in [-0.2, -0.15) is 0 Å². The summed E-state index contributed by atoms with van der Waals surface area (Å²) < 4.78 is 5.86. The first-order valence-electron chi connectivity index (χ1n) is 5.03. The number of hydrogen-bond donors (Lipinski definition) is 1. The standard InChI is InChI=1S/C10H17NO2/c1-6(2)8-9(12)11-7(3)10(13-8)4-5-10/h6-8H,4-5H2,1-3H3,(H,11,12). The summed E-state index contributed by atoms with van der Waals surface area (Å²) in [6, 6.07) is 0.190. The number of carbonyl (C=O) groups is 1. The zero-order valence-corrected chi connectivity index (χ0v) is 8.46. The second-order valence-electron chi connectivity index (χ2n) is 4.58. The van der Waals surface area contributed by atoms with E-state index in [4.69, 9.17) is 4.74 Å². The van der Waals surface area contributed by atoms with Gasteiger partial charge in [0.1, 0.15) is 6.10 Å². The molecule has 2 fully saturated rings. The van der Waals surface area contributed by atoms with Crippen LogP contribution in [-0.4, -0.2) is 23.7 Å². The average Bonchev–Trinajstić information content (AvgIpc) is 2.78. The van der Waals surface area contributed by atoms with E-state index in [0.717, 1.165) is 12.8 Å². The summed E-state index contributed by atoms with van der Waals surface area (Å²) in [7, 11) is 0. The molecule has 0 aromatic rings. The number of amides is 1. The minimum atomic E-state index is -0.237. The molecule has 1 amide bonds. The van der Waals surface area contributed by atoms with Crippen LogP contribution in [0.5, 0.6) is 0 Å². The molecular weight excluding hydrogens is 166 g/mol. The Balaban J connectivity index is 2.11. The first-order valence-corrected chi connectivity index (χ1v) is 5.03. The van der Waals surface area contributed by atoms with Crippen molar-refractivity contribution >= 4 is 5.91 Å². The summed E-state index contributed by atoms with van der Waals surface area (Å²) in [5.41, 5.74) is -0.0111. The first-order chi connectivity index (χ1) is 6.05. The predicted octanol–water partition coefficient (Wildman–Crippen LogP) is 1.08. The molecule has 1 saturated heterocycles. The SMILES string of the molecule is CC(C)C1OC2(CC2)C(C)NC1=O. The molecule has 2 unspecified atom stereocenters. The van der Waals surface area contributed by atoms with Gasteiger partial charge in [0.15, 0.2) is 0 Å². The molecule has 0 aromatic carbocycles. The zero-order chi connectivity index (χ0) is 9.64. The lowest BCUT2D eigenvalue weighted by Gasteiger charge is -2.37. The highest BCUT2D eigenvalue weighted by Crippen LogP contribution is 2.46. The molecule has 0 radical (unpaired) electrons. The lowest BCUT2D eigenvalue weighted by atomic mass is 10.0. The molecule has 2 atom stereocenters. The van der Waals surface area contributed by atoms with Gasteiger partial charge in [0.2, 0.25) is 5.91 Å². The summed E-state index contributed by atoms with van der Waals surface area (Å²) in [5.74, 6) is 0.324. The van der Waals surface area contributed by atoms with Gasteiger partial charge >= 0.3 is 0 Å². The Kier molecular flexibility index (Phi) is 1.88. The van der Waals surface area contributed by atoms with Crippen LogP contribution in [0.1, 0.15) is 33.6 Å². The van der Waals surface area contributed by atoms with E-state index in [9.17, 15) is 4.79 Å². The molecule has 1 N–H and O–H groups in total. The van der Waals surface area contributed by atoms with Gasteiger partial charge in [0.05, 0.1) is 11.6 Å². The van der Waals surface area contributed by atoms with Gasteiger partial charge in [-0.05, 0) is 25.7 Å². The lowest BCUT2D eigenvalue weighted by Crippen LogP contribution is -2.57. The molecule has 0 aromatic heterocycles. The summed E-state index contributed by atoms with van der Waals surface area (Å²) in [4.78, 5) is 11.5. The van der Waals surface area contributed by atoms with Crippen LogP contribution in [0, 0.1) is 5.92 Å². The normalized spacial score (nSPS) is 36.5. The fourth-order valence-corrected chi connectivity index (χ4v) is 1.95. The van der Waals surface area contributed by atoms with Crippen molar-refractivity contribution in [2.75, 3.05) is 0 Å². The Labute approximate surface area is 78.8 Å². The number of hydrogen-bond acceptors (Lipinski definition) is 2. The molecule has 13 heavy (non-hydrogen) atoms. The van der Waals surface area contributed by atoms with Crippen LogP contribution in [0.2, 0.25) is 0 Å². The molecule has 1 heterocycles. The molecule has 3 heteroatoms. The first kappa shape index (κ1) is 9.00. The van der Waals surface area contributed by atoms with Crippen LogP contribution in [-0.2, 0) is 9.53 Å². The molecule has 1 aliphatic carbocycles. The molecule has 0 bridgehead atoms. The quantitative estimate of drug-likeness (QED) is 0.660. The van der Waals surface area contributed by atoms with Crippen LogP contribution in [0.4, 0.5) is 0 Å². The Morgan fingerprint density at radius 2 is 2.15 bits per heavy atom. The fraction of sp³-hybridized carbons (Fsp3) is 0.900. The maximum absolute atomic E-state index is 11.5. The van der Waals surface area contributed by atoms with Gasteiger partial charge in [-0.25, -0.2) is 0 Å². The van der Waals surface area contributed by atoms with Gasteiger partial charge in [-0.1, -0.05) is 13.8 Å². The van der Waals surface area contributed by atoms with E-state index in [-0.39, 0.29) is 29.6 Å². The molecule has 3 nitrogen and oxygen atoms in total. The van der Waals surface area contributed by atoms with E-state index in [1.807, 2.05) is 20.8 Å². The Morgan fingerprint density at radius 3 is 2.62 bits per heavy atom. The maximum Gasteiger partial charge on any atom is 0.249 e. The summed E-state index contributed by atoms with van der Waals surface area (Å²) in [6.07, 6.45) is 1.95. The minimum Gasteiger partial charge on any atom is -0.360 e. The van der Waals surface area contributed by atoms with Crippen molar-refractivity contribution in [2.45, 2.75) is 51.4 Å². The second kappa shape index (κ2) is 2.71. The average molecular weight is 183 g/mol. The third-order valence-electron chi connectivity index (χ3n) is 3.12. The van der Waals surface area contributed by atoms with Crippen LogP contribution in [0.25, 0.3) is 0 Å². The molecule has 2 rings (SSSR count). The lowest BCUT2D eigenvalue weighted by molar-refractivity contribution is -0.157. The van der Waals surface area contributed by atoms with Crippen molar-refractivity contribution in [3.05, 3.63) is 0 Å². The Morgan fingerprint density at radius 1 is 1.54 bits per heavy atom. The highest BCUT2D eigenvalue weighted by atomic mass is 16.5. The van der Waals surface area contributed by atoms with E-state index in [1.54, 1.807) is 0 Å². The smallest absolute Gasteiger partial charge is 0.249 e. The summed E-state index contributed by atoms with van der Waals surface area (Å²) in [6.45, 7) is 6.08. The minimum absolute atomic E-state index is 0.0111. The Hall–Kier alpha value is -0.570. The third kappa shape index (κ3) is 1.35. The van der Waals surface area contributed by atoms with Crippen molar-refractivity contribution in [1.29, 1.82) is 0 Å². The number of morpholine rings is 1. The van der Waals surface area contributed by atoms with Crippen LogP contribution >= 0.6 is 0 Å². The molecule has 2 aliphatic rings. The van der Waals surface area contributed by atoms with Gasteiger partial charge in [-0.15, -0.1) is 0 Å². The third-order valence-corrected chi connectivity index (χ3v) is 3.12. The Bertz CT molecular complexity index is 233. The van der Waals surface area contributed by atoms with Gasteiger partial charge < -0.3 is 10.1 Å². The largest absolute Gasteiger partial charge is 0.360 e. The van der Waals surface area contributed by atoms with Gasteiger partial charge in [0, 0.05) is 0 Å². The van der Waals surface area contributed by atoms with E-state index in [2.05, 4.69) is 5.32 Å². The molecule has 74 valence electrons. The van der Waals surface area contributed by atoms with Crippen LogP contribution in [0.15, 0.2) is 0 Å². The monoisotopic (exact) mass is 183 g/mol. The van der Waals surface area contributed by atoms with Crippen molar-refractivity contribution in [2.24, 2.45) is 5.92 Å². The molecule has 1 saturated carbocycles. The summed E-state index contributed by atoms with van der Waals surface area (Å²) in [5, 5.41) is 3.00. The zero-order valence-electron chi connectivity index (χ0n) is 8.46.